The molecule has 0 atom stereocenters. The van der Waals surface area contributed by atoms with Gasteiger partial charge in [0.15, 0.2) is 0 Å². The van der Waals surface area contributed by atoms with Gasteiger partial charge in [-0.25, -0.2) is 4.79 Å². The highest BCUT2D eigenvalue weighted by Gasteiger charge is 2.24. The number of fused-ring (bicyclic) bond motifs is 3. The van der Waals surface area contributed by atoms with Gasteiger partial charge in [-0.05, 0) is 12.0 Å². The Bertz CT molecular complexity index is 539. The van der Waals surface area contributed by atoms with Crippen LogP contribution in [0.3, 0.4) is 0 Å². The van der Waals surface area contributed by atoms with Crippen LogP contribution in [-0.4, -0.2) is 21.3 Å². The number of furan rings is 1. The van der Waals surface area contributed by atoms with Crippen molar-refractivity contribution in [2.24, 2.45) is 0 Å². The van der Waals surface area contributed by atoms with E-state index in [1.807, 2.05) is 0 Å². The number of aromatic carboxylic acids is 1. The van der Waals surface area contributed by atoms with Gasteiger partial charge in [0, 0.05) is 18.1 Å². The maximum absolute atomic E-state index is 10.7. The summed E-state index contributed by atoms with van der Waals surface area (Å²) in [4.78, 5) is 10.7. The lowest BCUT2D eigenvalue weighted by Gasteiger charge is -2.08. The average molecular weight is 204 g/mol. The van der Waals surface area contributed by atoms with E-state index < -0.39 is 5.97 Å². The molecule has 2 heterocycles. The molecule has 0 aromatic carbocycles. The average Bonchev–Trinajstić information content (AvgIpc) is 2.82. The molecule has 0 aliphatic heterocycles. The first kappa shape index (κ1) is 8.28. The van der Waals surface area contributed by atoms with E-state index in [4.69, 9.17) is 9.52 Å². The minimum atomic E-state index is -1.04. The molecule has 0 fully saturated rings. The molecule has 76 valence electrons. The first-order chi connectivity index (χ1) is 7.25. The van der Waals surface area contributed by atoms with E-state index in [-0.39, 0.29) is 5.76 Å². The van der Waals surface area contributed by atoms with Crippen molar-refractivity contribution in [1.82, 2.24) is 10.2 Å². The summed E-state index contributed by atoms with van der Waals surface area (Å²) in [6.45, 7) is 0. The fraction of sp³-hybridized carbons (Fsp3) is 0.200. The number of aromatic amines is 1. The monoisotopic (exact) mass is 204 g/mol. The fourth-order valence-corrected chi connectivity index (χ4v) is 1.91. The molecule has 2 aromatic rings. The molecule has 15 heavy (non-hydrogen) atoms. The Morgan fingerprint density at radius 3 is 3.20 bits per heavy atom. The third kappa shape index (κ3) is 1.09. The standard InChI is InChI=1S/C10H8N2O3/c13-10(14)8-3-6-7(15-8)2-1-5-4-11-12-9(5)6/h3-4H,1-2H2,(H,11,12)(H,13,14). The predicted molar refractivity (Wildman–Crippen MR) is 50.7 cm³/mol. The molecular weight excluding hydrogens is 196 g/mol. The van der Waals surface area contributed by atoms with E-state index in [9.17, 15) is 4.79 Å². The minimum Gasteiger partial charge on any atom is -0.475 e. The number of hydrogen-bond donors (Lipinski definition) is 2. The van der Waals surface area contributed by atoms with Crippen LogP contribution in [0.5, 0.6) is 0 Å². The van der Waals surface area contributed by atoms with Crippen LogP contribution in [0.1, 0.15) is 21.9 Å². The molecule has 0 unspecified atom stereocenters. The summed E-state index contributed by atoms with van der Waals surface area (Å²) in [7, 11) is 0. The van der Waals surface area contributed by atoms with Gasteiger partial charge in [0.25, 0.3) is 0 Å². The molecule has 0 spiro atoms. The number of rotatable bonds is 1. The molecule has 2 N–H and O–H groups in total. The molecule has 0 amide bonds. The lowest BCUT2D eigenvalue weighted by molar-refractivity contribution is 0.0660. The van der Waals surface area contributed by atoms with Gasteiger partial charge in [-0.3, -0.25) is 5.10 Å². The highest BCUT2D eigenvalue weighted by Crippen LogP contribution is 2.33. The van der Waals surface area contributed by atoms with E-state index >= 15 is 0 Å². The van der Waals surface area contributed by atoms with Crippen LogP contribution in [0.25, 0.3) is 11.3 Å². The molecule has 0 bridgehead atoms. The Morgan fingerprint density at radius 2 is 2.40 bits per heavy atom. The van der Waals surface area contributed by atoms with Crippen molar-refractivity contribution in [3.63, 3.8) is 0 Å². The molecule has 0 saturated carbocycles. The van der Waals surface area contributed by atoms with Gasteiger partial charge in [0.1, 0.15) is 5.76 Å². The van der Waals surface area contributed by atoms with Crippen LogP contribution in [0, 0.1) is 0 Å². The SMILES string of the molecule is O=C(O)c1cc2c(o1)CCc1cn[nH]c1-2. The van der Waals surface area contributed by atoms with Crippen molar-refractivity contribution in [2.75, 3.05) is 0 Å². The molecule has 2 aromatic heterocycles. The van der Waals surface area contributed by atoms with Gasteiger partial charge in [-0.2, -0.15) is 5.10 Å². The van der Waals surface area contributed by atoms with Crippen molar-refractivity contribution in [2.45, 2.75) is 12.8 Å². The van der Waals surface area contributed by atoms with E-state index in [2.05, 4.69) is 10.2 Å². The summed E-state index contributed by atoms with van der Waals surface area (Å²) in [6, 6.07) is 1.55. The molecule has 0 saturated heterocycles. The molecule has 3 rings (SSSR count). The van der Waals surface area contributed by atoms with Crippen molar-refractivity contribution < 1.29 is 14.3 Å². The van der Waals surface area contributed by atoms with E-state index in [1.54, 1.807) is 12.3 Å². The van der Waals surface area contributed by atoms with E-state index in [0.29, 0.717) is 0 Å². The van der Waals surface area contributed by atoms with Crippen LogP contribution in [0.15, 0.2) is 16.7 Å². The second kappa shape index (κ2) is 2.73. The normalized spacial score (nSPS) is 13.3. The van der Waals surface area contributed by atoms with Crippen molar-refractivity contribution in [3.05, 3.63) is 29.3 Å². The number of aryl methyl sites for hydroxylation is 2. The number of carboxylic acid groups (broad SMARTS) is 1. The second-order valence-corrected chi connectivity index (χ2v) is 3.52. The zero-order valence-corrected chi connectivity index (χ0v) is 7.78. The highest BCUT2D eigenvalue weighted by atomic mass is 16.4. The third-order valence-electron chi connectivity index (χ3n) is 2.63. The fourth-order valence-electron chi connectivity index (χ4n) is 1.91. The van der Waals surface area contributed by atoms with Crippen LogP contribution in [0.4, 0.5) is 0 Å². The molecule has 1 aliphatic carbocycles. The number of carboxylic acids is 1. The number of carbonyl (C=O) groups is 1. The number of H-pyrrole nitrogens is 1. The summed E-state index contributed by atoms with van der Waals surface area (Å²) in [5.41, 5.74) is 2.82. The van der Waals surface area contributed by atoms with Gasteiger partial charge in [0.05, 0.1) is 11.9 Å². The molecule has 0 radical (unpaired) electrons. The van der Waals surface area contributed by atoms with E-state index in [1.165, 1.54) is 0 Å². The van der Waals surface area contributed by atoms with Crippen LogP contribution < -0.4 is 0 Å². The van der Waals surface area contributed by atoms with Gasteiger partial charge in [0.2, 0.25) is 5.76 Å². The predicted octanol–water partition coefficient (Wildman–Crippen LogP) is 1.47. The van der Waals surface area contributed by atoms with Crippen molar-refractivity contribution in [1.29, 1.82) is 0 Å². The van der Waals surface area contributed by atoms with Crippen molar-refractivity contribution >= 4 is 5.97 Å². The smallest absolute Gasteiger partial charge is 0.371 e. The van der Waals surface area contributed by atoms with Crippen LogP contribution in [0.2, 0.25) is 0 Å². The Balaban J connectivity index is 2.20. The Hall–Kier alpha value is -2.04. The minimum absolute atomic E-state index is 0.0116. The maximum Gasteiger partial charge on any atom is 0.371 e. The Morgan fingerprint density at radius 1 is 1.53 bits per heavy atom. The highest BCUT2D eigenvalue weighted by molar-refractivity contribution is 5.87. The topological polar surface area (TPSA) is 79.1 Å². The quantitative estimate of drug-likeness (QED) is 0.737. The number of nitrogens with one attached hydrogen (secondary N) is 1. The van der Waals surface area contributed by atoms with Gasteiger partial charge >= 0.3 is 5.97 Å². The Kier molecular flexibility index (Phi) is 1.50. The van der Waals surface area contributed by atoms with Crippen molar-refractivity contribution in [3.8, 4) is 11.3 Å². The number of aromatic nitrogens is 2. The Labute approximate surface area is 84.7 Å². The molecule has 5 nitrogen and oxygen atoms in total. The summed E-state index contributed by atoms with van der Waals surface area (Å²) >= 11 is 0. The van der Waals surface area contributed by atoms with Crippen LogP contribution in [-0.2, 0) is 12.8 Å². The zero-order chi connectivity index (χ0) is 10.4. The molecule has 1 aliphatic rings. The third-order valence-corrected chi connectivity index (χ3v) is 2.63. The maximum atomic E-state index is 10.7. The van der Waals surface area contributed by atoms with Gasteiger partial charge < -0.3 is 9.52 Å². The number of hydrogen-bond acceptors (Lipinski definition) is 3. The summed E-state index contributed by atoms with van der Waals surface area (Å²) in [5, 5.41) is 15.6. The lowest BCUT2D eigenvalue weighted by Crippen LogP contribution is -1.99. The summed E-state index contributed by atoms with van der Waals surface area (Å²) < 4.78 is 5.25. The summed E-state index contributed by atoms with van der Waals surface area (Å²) in [6.07, 6.45) is 3.34. The first-order valence-corrected chi connectivity index (χ1v) is 4.64. The van der Waals surface area contributed by atoms with Crippen LogP contribution >= 0.6 is 0 Å². The number of nitrogens with zero attached hydrogens (tertiary/aromatic N) is 1. The summed E-state index contributed by atoms with van der Waals surface area (Å²) in [5.74, 6) is -0.322. The second-order valence-electron chi connectivity index (χ2n) is 3.52. The first-order valence-electron chi connectivity index (χ1n) is 4.64. The molecule has 5 heteroatoms. The van der Waals surface area contributed by atoms with E-state index in [0.717, 1.165) is 35.4 Å². The lowest BCUT2D eigenvalue weighted by atomic mass is 9.97. The van der Waals surface area contributed by atoms with Gasteiger partial charge in [-0.1, -0.05) is 0 Å². The largest absolute Gasteiger partial charge is 0.475 e. The zero-order valence-electron chi connectivity index (χ0n) is 7.78. The van der Waals surface area contributed by atoms with Gasteiger partial charge in [-0.15, -0.1) is 0 Å². The molecular formula is C10H8N2O3.